The number of nitrogens with zero attached hydrogens (tertiary/aromatic N) is 4. The molecule has 0 spiro atoms. The van der Waals surface area contributed by atoms with Gasteiger partial charge in [0.25, 0.3) is 0 Å². The molecule has 4 aromatic carbocycles. The van der Waals surface area contributed by atoms with Gasteiger partial charge in [-0.25, -0.2) is 19.9 Å². The number of methoxy groups -OCH3 is 1. The zero-order valence-corrected chi connectivity index (χ0v) is 91.7. The molecule has 4 heterocycles. The van der Waals surface area contributed by atoms with Crippen LogP contribution in [0.1, 0.15) is 354 Å². The Morgan fingerprint density at radius 2 is 0.593 bits per heavy atom. The number of hydrogen-bond donors (Lipinski definition) is 2. The number of fused-ring (bicyclic) bond motifs is 8. The van der Waals surface area contributed by atoms with Gasteiger partial charge in [0.2, 0.25) is 0 Å². The molecule has 0 radical (unpaired) electrons. The van der Waals surface area contributed by atoms with E-state index in [1.807, 2.05) is 129 Å². The highest BCUT2D eigenvalue weighted by molar-refractivity contribution is 7.22. The van der Waals surface area contributed by atoms with Crippen molar-refractivity contribution in [3.8, 4) is 48.0 Å². The molecule has 140 heavy (non-hydrogen) atoms. The first-order valence-electron chi connectivity index (χ1n) is 51.1. The van der Waals surface area contributed by atoms with Gasteiger partial charge in [-0.15, -0.1) is 45.3 Å². The molecule has 4 aliphatic carbocycles. The Bertz CT molecular complexity index is 6450. The van der Waals surface area contributed by atoms with Gasteiger partial charge in [0, 0.05) is 44.5 Å². The van der Waals surface area contributed by atoms with E-state index in [-0.39, 0.29) is 36.6 Å². The minimum atomic E-state index is -0.829. The Kier molecular flexibility index (Phi) is 48.1. The quantitative estimate of drug-likeness (QED) is 0.0275. The molecule has 2 N–H and O–H groups in total. The van der Waals surface area contributed by atoms with Crippen LogP contribution in [0.2, 0.25) is 0 Å². The second-order valence-corrected chi connectivity index (χ2v) is 45.5. The molecule has 15 heteroatoms. The van der Waals surface area contributed by atoms with E-state index in [2.05, 4.69) is 183 Å². The zero-order valence-electron chi connectivity index (χ0n) is 88.5. The summed E-state index contributed by atoms with van der Waals surface area (Å²) in [6.45, 7) is 50.7. The topological polar surface area (TPSA) is 170 Å². The summed E-state index contributed by atoms with van der Waals surface area (Å²) in [5, 5.41) is 22.4. The van der Waals surface area contributed by atoms with Gasteiger partial charge in [-0.3, -0.25) is 19.2 Å². The highest BCUT2D eigenvalue weighted by Crippen LogP contribution is 2.43. The van der Waals surface area contributed by atoms with Crippen LogP contribution in [0.15, 0.2) is 209 Å². The number of ether oxygens (including phenoxy) is 1. The maximum Gasteiger partial charge on any atom is 0.189 e. The average Bonchev–Trinajstić information content (AvgIpc) is 0.762. The predicted molar refractivity (Wildman–Crippen MR) is 615 cm³/mol. The van der Waals surface area contributed by atoms with E-state index in [0.717, 1.165) is 266 Å². The van der Waals surface area contributed by atoms with Crippen LogP contribution in [-0.4, -0.2) is 48.5 Å². The lowest BCUT2D eigenvalue weighted by Crippen LogP contribution is -2.27. The summed E-state index contributed by atoms with van der Waals surface area (Å²) in [4.78, 5) is 76.3. The Hall–Kier alpha value is -9.32. The third-order valence-corrected chi connectivity index (χ3v) is 32.4. The fraction of sp³-hybridized carbons (Fsp3) is 0.488. The first kappa shape index (κ1) is 118. The number of benzene rings is 8. The monoisotopic (exact) mass is 1970 g/mol. The highest BCUT2D eigenvalue weighted by Gasteiger charge is 2.30. The lowest BCUT2D eigenvalue weighted by Gasteiger charge is -2.25. The molecule has 12 rings (SSSR count). The first-order chi connectivity index (χ1) is 65.7. The minimum Gasteiger partial charge on any atom is -0.494 e. The number of allylic oxidation sites excluding steroid dienone is 16. The van der Waals surface area contributed by atoms with Crippen LogP contribution in [0.5, 0.6) is 5.75 Å². The molecule has 0 saturated heterocycles. The number of hydrogen-bond acceptors (Lipinski definition) is 15. The number of aliphatic hydroxyl groups is 2. The van der Waals surface area contributed by atoms with E-state index in [1.165, 1.54) is 83.1 Å². The van der Waals surface area contributed by atoms with Crippen LogP contribution in [-0.2, 0) is 25.7 Å². The van der Waals surface area contributed by atoms with Gasteiger partial charge >= 0.3 is 0 Å². The second kappa shape index (κ2) is 57.2. The molecule has 0 saturated carbocycles. The normalized spacial score (nSPS) is 13.4. The molecule has 0 amide bonds. The maximum absolute atomic E-state index is 13.3. The number of aromatic nitrogens is 4. The van der Waals surface area contributed by atoms with Crippen LogP contribution in [0.4, 0.5) is 0 Å². The Labute approximate surface area is 858 Å². The van der Waals surface area contributed by atoms with Gasteiger partial charge in [0.15, 0.2) is 27.5 Å². The van der Waals surface area contributed by atoms with Crippen LogP contribution >= 0.6 is 45.3 Å². The van der Waals surface area contributed by atoms with Gasteiger partial charge in [0.05, 0.1) is 95.8 Å². The van der Waals surface area contributed by atoms with Crippen LogP contribution in [0.25, 0.3) is 83.2 Å². The molecule has 0 unspecified atom stereocenters. The molecule has 0 aromatic heterocycles. The van der Waals surface area contributed by atoms with Crippen molar-refractivity contribution in [1.82, 2.24) is 19.9 Å². The van der Waals surface area contributed by atoms with E-state index >= 15 is 0 Å². The van der Waals surface area contributed by atoms with Crippen molar-refractivity contribution < 1.29 is 14.9 Å². The van der Waals surface area contributed by atoms with Gasteiger partial charge in [0.1, 0.15) is 5.69 Å². The van der Waals surface area contributed by atoms with Crippen molar-refractivity contribution in [3.63, 3.8) is 0 Å². The minimum absolute atomic E-state index is 0. The molecule has 0 bridgehead atoms. The van der Waals surface area contributed by atoms with Gasteiger partial charge in [-0.2, -0.15) is 0 Å². The summed E-state index contributed by atoms with van der Waals surface area (Å²) in [5.41, 5.74) is 27.0. The Balaban J connectivity index is 0.000000254. The lowest BCUT2D eigenvalue weighted by atomic mass is 9.87. The Morgan fingerprint density at radius 3 is 0.914 bits per heavy atom. The van der Waals surface area contributed by atoms with Crippen molar-refractivity contribution in [3.05, 3.63) is 292 Å². The summed E-state index contributed by atoms with van der Waals surface area (Å²) < 4.78 is 9.96. The third kappa shape index (κ3) is 35.0. The van der Waals surface area contributed by atoms with Crippen molar-refractivity contribution in [2.24, 2.45) is 17.8 Å². The summed E-state index contributed by atoms with van der Waals surface area (Å²) >= 11 is 6.64. The predicted octanol–water partition coefficient (Wildman–Crippen LogP) is 35.5. The third-order valence-electron chi connectivity index (χ3n) is 27.6. The van der Waals surface area contributed by atoms with Crippen molar-refractivity contribution in [2.45, 2.75) is 378 Å². The van der Waals surface area contributed by atoms with Gasteiger partial charge < -0.3 is 14.9 Å². The van der Waals surface area contributed by atoms with Crippen LogP contribution in [0, 0.1) is 66.2 Å². The van der Waals surface area contributed by atoms with Gasteiger partial charge in [-0.05, 0) is 356 Å². The second-order valence-electron chi connectivity index (χ2n) is 41.3. The van der Waals surface area contributed by atoms with Crippen LogP contribution < -0.4 is 26.5 Å². The van der Waals surface area contributed by atoms with Crippen molar-refractivity contribution >= 4 is 86.2 Å². The fourth-order valence-electron chi connectivity index (χ4n) is 18.2. The smallest absolute Gasteiger partial charge is 0.189 e. The first-order valence-corrected chi connectivity index (χ1v) is 54.4. The zero-order chi connectivity index (χ0) is 101. The van der Waals surface area contributed by atoms with Crippen molar-refractivity contribution in [1.29, 1.82) is 0 Å². The maximum atomic E-state index is 13.3. The summed E-state index contributed by atoms with van der Waals surface area (Å²) in [6, 6.07) is 32.5. The molecule has 4 aliphatic heterocycles. The molecule has 11 nitrogen and oxygen atoms in total. The SMILES string of the molecule is C.C.CC(C)=CCC/C(C)=C/CC/C(C)=C/CC[C@@](C)(O)CCc1c2sc3ccccc3nc-2c(C)c(C)c1=O.CC(C)=CCC/C(C)=C/CC/C(C)=C/CCc1c2sc3ccccc3nc-2c(C)c(C)c1=O.COc1c2nc3ccccc3sc-2c(CC/C=C(\C)CCC=C(C)C)c(=O)c1C.Cc1c2nc3ccccc3sc-2c(CC[C@](C)(O)CCC[C@H](C)CCC[C@H](C)CCCC(C)C)c(=O)c1C. The van der Waals surface area contributed by atoms with Crippen molar-refractivity contribution in [2.75, 3.05) is 7.11 Å². The Morgan fingerprint density at radius 1 is 0.329 bits per heavy atom. The standard InChI is InChI=1S/C34H51NO2S.C34H45NO2S.C30H37NOS.C25H29NO2S.2CH4/c2*1-23(2)13-10-14-24(3)15-11-16-25(4)17-12-21-34(7,37)22-20-28-32(36)27(6)26(5)31-33(28)38-30-19-9-8-18-29(30)35-31;1-20(2)12-9-13-21(3)14-10-15-22(4)16-11-17-25-29(32)24(6)23(5)28-30(25)33-27-19-8-7-18-26(27)31-28;1-16(2)10-8-11-17(3)12-9-13-19-23(27)18(4)24(28-5)22-25(19)29-21-15-7-6-14-20(21)26-22;;/h8-9,18-19,23-25,37H,10-17,20-22H2,1-7H3;8-9,13,15,17-19,37H,10-12,14,16,20-22H2,1-7H3;7-8,12,14,16,18-19H,9-11,13,15,17H2,1-6H3;6-7,10,12,14-15H,8-9,11,13H2,1-5H3;2*1H4/b;24-15+,25-17+;21-14+,22-16+;17-12+;;/t24-,25-,34-;34-;;;;/m11..../s1. The highest BCUT2D eigenvalue weighted by atomic mass is 32.1. The van der Waals surface area contributed by atoms with E-state index in [0.29, 0.717) is 49.3 Å². The largest absolute Gasteiger partial charge is 0.494 e. The van der Waals surface area contributed by atoms with E-state index in [1.54, 1.807) is 52.5 Å². The number of para-hydroxylation sites is 4. The van der Waals surface area contributed by atoms with E-state index in [9.17, 15) is 29.4 Å². The molecular weight excluding hydrogens is 1800 g/mol. The van der Waals surface area contributed by atoms with Crippen LogP contribution in [0.3, 0.4) is 0 Å². The fourth-order valence-corrected chi connectivity index (χ4v) is 22.9. The number of rotatable bonds is 43. The van der Waals surface area contributed by atoms with E-state index in [4.69, 9.17) is 24.7 Å². The molecule has 0 fully saturated rings. The lowest BCUT2D eigenvalue weighted by molar-refractivity contribution is 0.0385. The van der Waals surface area contributed by atoms with Gasteiger partial charge in [-0.1, -0.05) is 236 Å². The molecule has 756 valence electrons. The molecular formula is C125H170N4O7S4. The molecule has 8 aliphatic rings. The van der Waals surface area contributed by atoms with E-state index < -0.39 is 11.2 Å². The molecule has 4 atom stereocenters. The summed E-state index contributed by atoms with van der Waals surface area (Å²) in [7, 11) is 1.61. The summed E-state index contributed by atoms with van der Waals surface area (Å²) in [5.74, 6) is 2.96. The average molecular weight is 1970 g/mol. The molecule has 4 aromatic rings. The summed E-state index contributed by atoms with van der Waals surface area (Å²) in [6.07, 6.45) is 47.4.